The van der Waals surface area contributed by atoms with Gasteiger partial charge in [0, 0.05) is 23.1 Å². The first-order valence-electron chi connectivity index (χ1n) is 3.90. The zero-order valence-electron chi connectivity index (χ0n) is 7.04. The summed E-state index contributed by atoms with van der Waals surface area (Å²) in [5.41, 5.74) is 0.480. The van der Waals surface area contributed by atoms with Gasteiger partial charge < -0.3 is 9.97 Å². The molecule has 0 aromatic carbocycles. The van der Waals surface area contributed by atoms with Gasteiger partial charge in [0.1, 0.15) is 5.69 Å². The minimum absolute atomic E-state index is 0.231. The van der Waals surface area contributed by atoms with Gasteiger partial charge in [-0.25, -0.2) is 4.98 Å². The molecule has 5 nitrogen and oxygen atoms in total. The molecule has 0 fully saturated rings. The molecule has 0 saturated heterocycles. The molecule has 0 radical (unpaired) electrons. The molecule has 0 atom stereocenters. The maximum absolute atomic E-state index is 11.5. The van der Waals surface area contributed by atoms with E-state index >= 15 is 0 Å². The van der Waals surface area contributed by atoms with E-state index in [4.69, 9.17) is 0 Å². The third kappa shape index (κ3) is 1.85. The number of halogens is 1. The first-order valence-corrected chi connectivity index (χ1v) is 4.69. The molecule has 2 rings (SSSR count). The van der Waals surface area contributed by atoms with Crippen LogP contribution in [0.2, 0.25) is 0 Å². The number of H-pyrrole nitrogens is 2. The fourth-order valence-electron chi connectivity index (χ4n) is 1.01. The van der Waals surface area contributed by atoms with E-state index in [2.05, 4.69) is 36.2 Å². The molecule has 0 unspecified atom stereocenters. The average molecular weight is 255 g/mol. The van der Waals surface area contributed by atoms with Crippen molar-refractivity contribution in [3.05, 3.63) is 34.8 Å². The lowest BCUT2D eigenvalue weighted by molar-refractivity contribution is 0.102. The number of carbonyl (C=O) groups excluding carboxylic acids is 1. The van der Waals surface area contributed by atoms with Crippen molar-refractivity contribution in [1.82, 2.24) is 15.0 Å². The summed E-state index contributed by atoms with van der Waals surface area (Å²) in [7, 11) is 0. The highest BCUT2D eigenvalue weighted by molar-refractivity contribution is 9.10. The minimum Gasteiger partial charge on any atom is -0.356 e. The van der Waals surface area contributed by atoms with Crippen molar-refractivity contribution in [1.29, 1.82) is 0 Å². The van der Waals surface area contributed by atoms with Gasteiger partial charge in [-0.3, -0.25) is 10.1 Å². The molecular formula is C8H7BrN4O. The number of anilines is 1. The second-order valence-electron chi connectivity index (χ2n) is 2.62. The first-order chi connectivity index (χ1) is 6.75. The number of hydrogen-bond acceptors (Lipinski definition) is 2. The normalized spacial score (nSPS) is 10.1. The number of nitrogens with zero attached hydrogens (tertiary/aromatic N) is 1. The summed E-state index contributed by atoms with van der Waals surface area (Å²) in [6.07, 6.45) is 4.90. The predicted octanol–water partition coefficient (Wildman–Crippen LogP) is 1.75. The van der Waals surface area contributed by atoms with Crippen molar-refractivity contribution < 1.29 is 4.79 Å². The fourth-order valence-corrected chi connectivity index (χ4v) is 1.35. The van der Waals surface area contributed by atoms with E-state index in [9.17, 15) is 4.79 Å². The molecule has 0 spiro atoms. The molecule has 2 heterocycles. The van der Waals surface area contributed by atoms with Gasteiger partial charge in [-0.05, 0) is 22.0 Å². The van der Waals surface area contributed by atoms with Gasteiger partial charge in [0.15, 0.2) is 0 Å². The van der Waals surface area contributed by atoms with E-state index in [1.165, 1.54) is 0 Å². The number of aromatic nitrogens is 3. The molecule has 0 aliphatic carbocycles. The third-order valence-electron chi connectivity index (χ3n) is 1.62. The maximum atomic E-state index is 11.5. The standard InChI is InChI=1S/C8H7BrN4O/c9-5-3-6(12-4-5)7(14)13-8-10-1-2-11-8/h1-4,12H,(H2,10,11,13,14). The summed E-state index contributed by atoms with van der Waals surface area (Å²) in [4.78, 5) is 21.0. The van der Waals surface area contributed by atoms with E-state index in [1.54, 1.807) is 24.7 Å². The van der Waals surface area contributed by atoms with Crippen LogP contribution in [0.15, 0.2) is 29.1 Å². The predicted molar refractivity (Wildman–Crippen MR) is 55.0 cm³/mol. The Bertz CT molecular complexity index is 434. The molecule has 0 bridgehead atoms. The molecule has 3 N–H and O–H groups in total. The van der Waals surface area contributed by atoms with Crippen molar-refractivity contribution in [3.63, 3.8) is 0 Å². The SMILES string of the molecule is O=C(Nc1ncc[nH]1)c1cc(Br)c[nH]1. The van der Waals surface area contributed by atoms with E-state index in [1.807, 2.05) is 0 Å². The van der Waals surface area contributed by atoms with Gasteiger partial charge in [-0.1, -0.05) is 0 Å². The van der Waals surface area contributed by atoms with Gasteiger partial charge in [-0.15, -0.1) is 0 Å². The Balaban J connectivity index is 2.10. The fraction of sp³-hybridized carbons (Fsp3) is 0. The summed E-state index contributed by atoms with van der Waals surface area (Å²) in [5.74, 6) is 0.200. The van der Waals surface area contributed by atoms with Crippen LogP contribution in [0.4, 0.5) is 5.95 Å². The van der Waals surface area contributed by atoms with Crippen molar-refractivity contribution in [3.8, 4) is 0 Å². The monoisotopic (exact) mass is 254 g/mol. The zero-order chi connectivity index (χ0) is 9.97. The van der Waals surface area contributed by atoms with Crippen LogP contribution >= 0.6 is 15.9 Å². The molecular weight excluding hydrogens is 248 g/mol. The summed E-state index contributed by atoms with van der Waals surface area (Å²) in [5, 5.41) is 2.59. The quantitative estimate of drug-likeness (QED) is 0.764. The minimum atomic E-state index is -0.231. The number of amides is 1. The number of hydrogen-bond donors (Lipinski definition) is 3. The Morgan fingerprint density at radius 3 is 2.93 bits per heavy atom. The molecule has 2 aromatic heterocycles. The molecule has 14 heavy (non-hydrogen) atoms. The van der Waals surface area contributed by atoms with E-state index in [0.29, 0.717) is 11.6 Å². The van der Waals surface area contributed by atoms with Crippen molar-refractivity contribution in [2.24, 2.45) is 0 Å². The van der Waals surface area contributed by atoms with Gasteiger partial charge in [0.2, 0.25) is 5.95 Å². The van der Waals surface area contributed by atoms with Crippen LogP contribution in [0, 0.1) is 0 Å². The van der Waals surface area contributed by atoms with Crippen molar-refractivity contribution >= 4 is 27.8 Å². The largest absolute Gasteiger partial charge is 0.356 e. The van der Waals surface area contributed by atoms with E-state index in [-0.39, 0.29) is 5.91 Å². The number of aromatic amines is 2. The highest BCUT2D eigenvalue weighted by atomic mass is 79.9. The Hall–Kier alpha value is -1.56. The maximum Gasteiger partial charge on any atom is 0.274 e. The van der Waals surface area contributed by atoms with Crippen molar-refractivity contribution in [2.75, 3.05) is 5.32 Å². The number of nitrogens with one attached hydrogen (secondary N) is 3. The van der Waals surface area contributed by atoms with E-state index in [0.717, 1.165) is 4.47 Å². The van der Waals surface area contributed by atoms with Crippen LogP contribution in [0.3, 0.4) is 0 Å². The lowest BCUT2D eigenvalue weighted by Crippen LogP contribution is -2.13. The molecule has 72 valence electrons. The van der Waals surface area contributed by atoms with E-state index < -0.39 is 0 Å². The summed E-state index contributed by atoms with van der Waals surface area (Å²) < 4.78 is 0.835. The van der Waals surface area contributed by atoms with Crippen LogP contribution in [0.1, 0.15) is 10.5 Å². The third-order valence-corrected chi connectivity index (χ3v) is 2.08. The Kier molecular flexibility index (Phi) is 2.36. The van der Waals surface area contributed by atoms with Crippen LogP contribution < -0.4 is 5.32 Å². The van der Waals surface area contributed by atoms with Crippen LogP contribution in [-0.2, 0) is 0 Å². The molecule has 0 aliphatic heterocycles. The molecule has 0 saturated carbocycles. The van der Waals surface area contributed by atoms with Gasteiger partial charge in [-0.2, -0.15) is 0 Å². The van der Waals surface area contributed by atoms with Crippen LogP contribution in [0.5, 0.6) is 0 Å². The average Bonchev–Trinajstić information content (AvgIpc) is 2.75. The van der Waals surface area contributed by atoms with Gasteiger partial charge >= 0.3 is 0 Å². The molecule has 2 aromatic rings. The van der Waals surface area contributed by atoms with Gasteiger partial charge in [0.05, 0.1) is 0 Å². The Morgan fingerprint density at radius 1 is 1.50 bits per heavy atom. The first kappa shape index (κ1) is 9.01. The molecule has 6 heteroatoms. The topological polar surface area (TPSA) is 73.6 Å². The smallest absolute Gasteiger partial charge is 0.274 e. The Morgan fingerprint density at radius 2 is 2.36 bits per heavy atom. The van der Waals surface area contributed by atoms with Crippen LogP contribution in [0.25, 0.3) is 0 Å². The number of carbonyl (C=O) groups is 1. The second kappa shape index (κ2) is 3.67. The number of rotatable bonds is 2. The lowest BCUT2D eigenvalue weighted by Gasteiger charge is -1.97. The van der Waals surface area contributed by atoms with Crippen LogP contribution in [-0.4, -0.2) is 20.9 Å². The zero-order valence-corrected chi connectivity index (χ0v) is 8.63. The highest BCUT2D eigenvalue weighted by Gasteiger charge is 2.08. The summed E-state index contributed by atoms with van der Waals surface area (Å²) in [6, 6.07) is 1.69. The molecule has 0 aliphatic rings. The molecule has 1 amide bonds. The second-order valence-corrected chi connectivity index (χ2v) is 3.54. The van der Waals surface area contributed by atoms with Gasteiger partial charge in [0.25, 0.3) is 5.91 Å². The lowest BCUT2D eigenvalue weighted by atomic mass is 10.4. The number of imidazole rings is 1. The summed E-state index contributed by atoms with van der Waals surface area (Å²) >= 11 is 3.24. The highest BCUT2D eigenvalue weighted by Crippen LogP contribution is 2.11. The Labute approximate surface area is 88.1 Å². The van der Waals surface area contributed by atoms with Crippen molar-refractivity contribution in [2.45, 2.75) is 0 Å². The summed E-state index contributed by atoms with van der Waals surface area (Å²) in [6.45, 7) is 0.